The van der Waals surface area contributed by atoms with E-state index in [0.717, 1.165) is 29.5 Å². The number of aryl methyl sites for hydroxylation is 1. The maximum Gasteiger partial charge on any atom is 0.249 e. The Morgan fingerprint density at radius 3 is 2.03 bits per heavy atom. The molecule has 1 heterocycles. The van der Waals surface area contributed by atoms with Crippen molar-refractivity contribution in [2.45, 2.75) is 24.7 Å². The highest BCUT2D eigenvalue weighted by atomic mass is 32.2. The number of nitrogens with zero attached hydrogens (tertiary/aromatic N) is 2. The second-order valence-electron chi connectivity index (χ2n) is 7.87. The van der Waals surface area contributed by atoms with Crippen LogP contribution in [0.15, 0.2) is 65.6 Å². The summed E-state index contributed by atoms with van der Waals surface area (Å²) in [4.78, 5) is 12.5. The van der Waals surface area contributed by atoms with Gasteiger partial charge in [-0.1, -0.05) is 30.3 Å². The molecular weight excluding hydrogens is 422 g/mol. The molecule has 4 rings (SSSR count). The molecule has 0 saturated carbocycles. The Balaban J connectivity index is 1.86. The molecule has 3 aromatic carbocycles. The third-order valence-corrected chi connectivity index (χ3v) is 7.74. The van der Waals surface area contributed by atoms with Crippen LogP contribution < -0.4 is 5.73 Å². The van der Waals surface area contributed by atoms with Crippen molar-refractivity contribution in [2.24, 2.45) is 5.73 Å². The summed E-state index contributed by atoms with van der Waals surface area (Å²) >= 11 is 0. The minimum atomic E-state index is -3.53. The van der Waals surface area contributed by atoms with Crippen molar-refractivity contribution in [3.05, 3.63) is 77.4 Å². The van der Waals surface area contributed by atoms with E-state index in [1.165, 1.54) is 4.31 Å². The van der Waals surface area contributed by atoms with Gasteiger partial charge in [0, 0.05) is 24.2 Å². The lowest BCUT2D eigenvalue weighted by Gasteiger charge is -2.18. The number of benzene rings is 3. The molecule has 1 aliphatic heterocycles. The molecule has 32 heavy (non-hydrogen) atoms. The third-order valence-electron chi connectivity index (χ3n) is 5.83. The van der Waals surface area contributed by atoms with Gasteiger partial charge in [-0.15, -0.1) is 0 Å². The zero-order valence-corrected chi connectivity index (χ0v) is 18.5. The van der Waals surface area contributed by atoms with Crippen LogP contribution in [0.3, 0.4) is 0 Å². The zero-order chi connectivity index (χ0) is 22.9. The van der Waals surface area contributed by atoms with Crippen molar-refractivity contribution < 1.29 is 13.2 Å². The van der Waals surface area contributed by atoms with E-state index in [2.05, 4.69) is 6.07 Å². The summed E-state index contributed by atoms with van der Waals surface area (Å²) in [6.07, 6.45) is 1.74. The number of primary amides is 1. The molecule has 1 aliphatic rings. The number of nitriles is 1. The largest absolute Gasteiger partial charge is 0.366 e. The minimum Gasteiger partial charge on any atom is -0.366 e. The van der Waals surface area contributed by atoms with Gasteiger partial charge < -0.3 is 5.73 Å². The normalized spacial score (nSPS) is 14.2. The summed E-state index contributed by atoms with van der Waals surface area (Å²) in [7, 11) is -3.53. The molecule has 0 aromatic heterocycles. The lowest BCUT2D eigenvalue weighted by atomic mass is 9.87. The highest BCUT2D eigenvalue weighted by Gasteiger charge is 2.27. The van der Waals surface area contributed by atoms with Crippen LogP contribution >= 0.6 is 0 Å². The van der Waals surface area contributed by atoms with E-state index in [1.54, 1.807) is 42.5 Å². The van der Waals surface area contributed by atoms with Crippen molar-refractivity contribution >= 4 is 15.9 Å². The molecule has 0 unspecified atom stereocenters. The SMILES string of the molecule is Cc1ccc(C(N)=O)c(-c2ccc(S(=O)(=O)N3CCCC3)cc2)c1-c1ccc(C#N)cc1. The van der Waals surface area contributed by atoms with Crippen LogP contribution in [-0.2, 0) is 10.0 Å². The Labute approximate surface area is 188 Å². The molecule has 1 amide bonds. The average molecular weight is 446 g/mol. The van der Waals surface area contributed by atoms with Gasteiger partial charge in [0.2, 0.25) is 15.9 Å². The Morgan fingerprint density at radius 2 is 1.47 bits per heavy atom. The Kier molecular flexibility index (Phi) is 5.83. The van der Waals surface area contributed by atoms with Gasteiger partial charge in [-0.3, -0.25) is 4.79 Å². The van der Waals surface area contributed by atoms with E-state index >= 15 is 0 Å². The van der Waals surface area contributed by atoms with Gasteiger partial charge in [0.25, 0.3) is 0 Å². The van der Waals surface area contributed by atoms with Crippen LogP contribution in [0.1, 0.15) is 34.3 Å². The standard InChI is InChI=1S/C25H23N3O3S/c1-17-4-13-22(25(27)29)24(23(17)19-7-5-18(16-26)6-8-19)20-9-11-21(12-10-20)32(30,31)28-14-2-3-15-28/h4-13H,2-3,14-15H2,1H3,(H2,27,29). The van der Waals surface area contributed by atoms with E-state index in [4.69, 9.17) is 11.0 Å². The first-order valence-corrected chi connectivity index (χ1v) is 11.8. The van der Waals surface area contributed by atoms with Gasteiger partial charge in [0.05, 0.1) is 16.5 Å². The third kappa shape index (κ3) is 3.91. The highest BCUT2D eigenvalue weighted by molar-refractivity contribution is 7.89. The van der Waals surface area contributed by atoms with Gasteiger partial charge in [0.1, 0.15) is 0 Å². The van der Waals surface area contributed by atoms with Gasteiger partial charge in [-0.25, -0.2) is 8.42 Å². The number of sulfonamides is 1. The fourth-order valence-corrected chi connectivity index (χ4v) is 5.68. The van der Waals surface area contributed by atoms with E-state index in [9.17, 15) is 13.2 Å². The van der Waals surface area contributed by atoms with Gasteiger partial charge in [-0.05, 0) is 72.4 Å². The molecule has 0 atom stereocenters. The van der Waals surface area contributed by atoms with E-state index < -0.39 is 15.9 Å². The van der Waals surface area contributed by atoms with E-state index in [-0.39, 0.29) is 4.90 Å². The average Bonchev–Trinajstić information content (AvgIpc) is 3.35. The summed E-state index contributed by atoms with van der Waals surface area (Å²) in [6, 6.07) is 19.4. The second kappa shape index (κ2) is 8.58. The first-order valence-electron chi connectivity index (χ1n) is 10.4. The molecule has 0 radical (unpaired) electrons. The number of hydrogen-bond acceptors (Lipinski definition) is 4. The van der Waals surface area contributed by atoms with Gasteiger partial charge in [0.15, 0.2) is 0 Å². The quantitative estimate of drug-likeness (QED) is 0.639. The number of amides is 1. The van der Waals surface area contributed by atoms with Crippen LogP contribution in [0.25, 0.3) is 22.3 Å². The monoisotopic (exact) mass is 445 g/mol. The lowest BCUT2D eigenvalue weighted by molar-refractivity contribution is 0.100. The molecule has 3 aromatic rings. The second-order valence-corrected chi connectivity index (χ2v) is 9.81. The van der Waals surface area contributed by atoms with Crippen molar-refractivity contribution in [3.8, 4) is 28.3 Å². The summed E-state index contributed by atoms with van der Waals surface area (Å²) < 4.78 is 27.3. The first-order chi connectivity index (χ1) is 15.3. The van der Waals surface area contributed by atoms with Gasteiger partial charge in [-0.2, -0.15) is 9.57 Å². The molecule has 2 N–H and O–H groups in total. The number of carbonyl (C=O) groups excluding carboxylic acids is 1. The molecule has 1 saturated heterocycles. The number of nitrogens with two attached hydrogens (primary N) is 1. The molecule has 0 spiro atoms. The summed E-state index contributed by atoms with van der Waals surface area (Å²) in [5.74, 6) is -0.566. The van der Waals surface area contributed by atoms with Gasteiger partial charge >= 0.3 is 0 Å². The molecule has 7 heteroatoms. The number of rotatable bonds is 5. The smallest absolute Gasteiger partial charge is 0.249 e. The zero-order valence-electron chi connectivity index (χ0n) is 17.7. The fourth-order valence-electron chi connectivity index (χ4n) is 4.17. The van der Waals surface area contributed by atoms with Crippen LogP contribution in [0.2, 0.25) is 0 Å². The molecule has 6 nitrogen and oxygen atoms in total. The highest BCUT2D eigenvalue weighted by Crippen LogP contribution is 2.38. The Bertz CT molecular complexity index is 1320. The number of carbonyl (C=O) groups is 1. The Morgan fingerprint density at radius 1 is 0.906 bits per heavy atom. The maximum absolute atomic E-state index is 12.9. The fraction of sp³-hybridized carbons (Fsp3) is 0.200. The molecule has 1 fully saturated rings. The summed E-state index contributed by atoms with van der Waals surface area (Å²) in [5, 5.41) is 9.11. The topological polar surface area (TPSA) is 104 Å². The molecule has 0 bridgehead atoms. The summed E-state index contributed by atoms with van der Waals surface area (Å²) in [6.45, 7) is 3.02. The first kappa shape index (κ1) is 21.8. The van der Waals surface area contributed by atoms with Crippen molar-refractivity contribution in [1.29, 1.82) is 5.26 Å². The maximum atomic E-state index is 12.9. The Hall–Kier alpha value is -3.47. The molecular formula is C25H23N3O3S. The van der Waals surface area contributed by atoms with E-state index in [1.807, 2.05) is 25.1 Å². The van der Waals surface area contributed by atoms with Crippen molar-refractivity contribution in [3.63, 3.8) is 0 Å². The van der Waals surface area contributed by atoms with Crippen LogP contribution in [0, 0.1) is 18.3 Å². The lowest BCUT2D eigenvalue weighted by Crippen LogP contribution is -2.27. The predicted octanol–water partition coefficient (Wildman–Crippen LogP) is 4.08. The summed E-state index contributed by atoms with van der Waals surface area (Å²) in [5.41, 5.74) is 10.5. The number of hydrogen-bond donors (Lipinski definition) is 1. The van der Waals surface area contributed by atoms with Crippen LogP contribution in [-0.4, -0.2) is 31.7 Å². The van der Waals surface area contributed by atoms with Crippen LogP contribution in [0.5, 0.6) is 0 Å². The predicted molar refractivity (Wildman–Crippen MR) is 123 cm³/mol. The van der Waals surface area contributed by atoms with Crippen LogP contribution in [0.4, 0.5) is 0 Å². The minimum absolute atomic E-state index is 0.233. The molecule has 162 valence electrons. The van der Waals surface area contributed by atoms with Crippen molar-refractivity contribution in [2.75, 3.05) is 13.1 Å². The van der Waals surface area contributed by atoms with E-state index in [0.29, 0.717) is 35.3 Å². The van der Waals surface area contributed by atoms with Crippen molar-refractivity contribution in [1.82, 2.24) is 4.31 Å². The molecule has 0 aliphatic carbocycles.